The van der Waals surface area contributed by atoms with Crippen molar-refractivity contribution in [3.05, 3.63) is 48.2 Å². The number of ether oxygens (including phenoxy) is 3. The van der Waals surface area contributed by atoms with E-state index in [4.69, 9.17) is 14.2 Å². The first-order chi connectivity index (χ1) is 12.7. The van der Waals surface area contributed by atoms with E-state index in [1.165, 1.54) is 0 Å². The predicted octanol–water partition coefficient (Wildman–Crippen LogP) is 3.22. The molecule has 138 valence electrons. The number of benzene rings is 1. The van der Waals surface area contributed by atoms with Gasteiger partial charge in [-0.2, -0.15) is 0 Å². The summed E-state index contributed by atoms with van der Waals surface area (Å²) in [6.45, 7) is 0. The predicted molar refractivity (Wildman–Crippen MR) is 97.9 cm³/mol. The van der Waals surface area contributed by atoms with Gasteiger partial charge >= 0.3 is 0 Å². The molecule has 0 radical (unpaired) electrons. The second kappa shape index (κ2) is 8.56. The van der Waals surface area contributed by atoms with Crippen LogP contribution in [0, 0.1) is 0 Å². The van der Waals surface area contributed by atoms with Crippen LogP contribution in [0.2, 0.25) is 0 Å². The third-order valence-electron chi connectivity index (χ3n) is 4.58. The molecule has 26 heavy (non-hydrogen) atoms. The van der Waals surface area contributed by atoms with Gasteiger partial charge in [-0.05, 0) is 49.9 Å². The number of nitrogens with one attached hydrogen (secondary N) is 1. The van der Waals surface area contributed by atoms with E-state index in [9.17, 15) is 4.79 Å². The standard InChI is InChI=1S/C20H24N2O4/c1-24-17-11-6-14(13-18(17)25-2)20(23)22-15-7-9-16(10-8-15)26-19-5-3-4-12-21-19/h3-6,11-13,15-16H,7-10H2,1-2H3,(H,22,23). The normalized spacial score (nSPS) is 19.5. The number of carbonyl (C=O) groups is 1. The highest BCUT2D eigenvalue weighted by atomic mass is 16.5. The van der Waals surface area contributed by atoms with Crippen molar-refractivity contribution in [3.63, 3.8) is 0 Å². The van der Waals surface area contributed by atoms with Crippen LogP contribution in [0.25, 0.3) is 0 Å². The van der Waals surface area contributed by atoms with Crippen molar-refractivity contribution in [3.8, 4) is 17.4 Å². The maximum Gasteiger partial charge on any atom is 0.251 e. The van der Waals surface area contributed by atoms with E-state index in [0.717, 1.165) is 25.7 Å². The zero-order chi connectivity index (χ0) is 18.4. The molecular weight excluding hydrogens is 332 g/mol. The second-order valence-corrected chi connectivity index (χ2v) is 6.30. The highest BCUT2D eigenvalue weighted by Crippen LogP contribution is 2.28. The van der Waals surface area contributed by atoms with Crippen LogP contribution in [0.15, 0.2) is 42.6 Å². The van der Waals surface area contributed by atoms with Crippen LogP contribution in [-0.2, 0) is 0 Å². The Morgan fingerprint density at radius 3 is 2.46 bits per heavy atom. The van der Waals surface area contributed by atoms with E-state index in [2.05, 4.69) is 10.3 Å². The van der Waals surface area contributed by atoms with Gasteiger partial charge in [-0.1, -0.05) is 6.07 Å². The number of pyridine rings is 1. The number of methoxy groups -OCH3 is 2. The number of carbonyl (C=O) groups excluding carboxylic acids is 1. The molecule has 1 heterocycles. The van der Waals surface area contributed by atoms with Crippen LogP contribution < -0.4 is 19.5 Å². The number of hydrogen-bond acceptors (Lipinski definition) is 5. The van der Waals surface area contributed by atoms with Crippen LogP contribution in [0.5, 0.6) is 17.4 Å². The first-order valence-electron chi connectivity index (χ1n) is 8.80. The lowest BCUT2D eigenvalue weighted by Gasteiger charge is -2.29. The molecule has 1 aromatic heterocycles. The summed E-state index contributed by atoms with van der Waals surface area (Å²) < 4.78 is 16.4. The van der Waals surface area contributed by atoms with Crippen LogP contribution in [0.4, 0.5) is 0 Å². The molecule has 0 saturated heterocycles. The molecule has 0 spiro atoms. The SMILES string of the molecule is COc1ccc(C(=O)NC2CCC(Oc3ccccn3)CC2)cc1OC. The Balaban J connectivity index is 1.52. The Morgan fingerprint density at radius 2 is 1.81 bits per heavy atom. The fraction of sp³-hybridized carbons (Fsp3) is 0.400. The van der Waals surface area contributed by atoms with Gasteiger partial charge in [0.05, 0.1) is 14.2 Å². The van der Waals surface area contributed by atoms with Crippen molar-refractivity contribution in [2.24, 2.45) is 0 Å². The molecule has 1 amide bonds. The van der Waals surface area contributed by atoms with E-state index in [0.29, 0.717) is 22.9 Å². The van der Waals surface area contributed by atoms with Crippen LogP contribution in [0.3, 0.4) is 0 Å². The summed E-state index contributed by atoms with van der Waals surface area (Å²) in [5, 5.41) is 3.10. The van der Waals surface area contributed by atoms with E-state index < -0.39 is 0 Å². The molecule has 3 rings (SSSR count). The molecule has 1 aromatic carbocycles. The van der Waals surface area contributed by atoms with Gasteiger partial charge < -0.3 is 19.5 Å². The zero-order valence-electron chi connectivity index (χ0n) is 15.1. The number of amides is 1. The molecular formula is C20H24N2O4. The minimum Gasteiger partial charge on any atom is -0.493 e. The Kier molecular flexibility index (Phi) is 5.94. The first-order valence-corrected chi connectivity index (χ1v) is 8.80. The molecule has 1 aliphatic carbocycles. The van der Waals surface area contributed by atoms with Gasteiger partial charge in [0, 0.05) is 23.9 Å². The lowest BCUT2D eigenvalue weighted by Crippen LogP contribution is -2.39. The highest BCUT2D eigenvalue weighted by molar-refractivity contribution is 5.95. The highest BCUT2D eigenvalue weighted by Gasteiger charge is 2.24. The molecule has 1 aliphatic rings. The summed E-state index contributed by atoms with van der Waals surface area (Å²) in [4.78, 5) is 16.7. The summed E-state index contributed by atoms with van der Waals surface area (Å²) in [5.74, 6) is 1.72. The molecule has 1 N–H and O–H groups in total. The minimum atomic E-state index is -0.0972. The van der Waals surface area contributed by atoms with E-state index >= 15 is 0 Å². The Morgan fingerprint density at radius 1 is 1.04 bits per heavy atom. The largest absolute Gasteiger partial charge is 0.493 e. The number of aromatic nitrogens is 1. The van der Waals surface area contributed by atoms with Gasteiger partial charge in [0.15, 0.2) is 11.5 Å². The van der Waals surface area contributed by atoms with Gasteiger partial charge in [0.1, 0.15) is 6.10 Å². The number of hydrogen-bond donors (Lipinski definition) is 1. The average Bonchev–Trinajstić information content (AvgIpc) is 2.69. The quantitative estimate of drug-likeness (QED) is 0.861. The van der Waals surface area contributed by atoms with Crippen molar-refractivity contribution >= 4 is 5.91 Å². The van der Waals surface area contributed by atoms with Gasteiger partial charge in [-0.15, -0.1) is 0 Å². The van der Waals surface area contributed by atoms with E-state index in [1.54, 1.807) is 38.6 Å². The lowest BCUT2D eigenvalue weighted by molar-refractivity contribution is 0.0890. The van der Waals surface area contributed by atoms with Crippen molar-refractivity contribution in [2.45, 2.75) is 37.8 Å². The first kappa shape index (κ1) is 18.0. The Hall–Kier alpha value is -2.76. The molecule has 6 nitrogen and oxygen atoms in total. The summed E-state index contributed by atoms with van der Waals surface area (Å²) in [6.07, 6.45) is 5.44. The summed E-state index contributed by atoms with van der Waals surface area (Å²) in [7, 11) is 3.13. The molecule has 6 heteroatoms. The fourth-order valence-corrected chi connectivity index (χ4v) is 3.16. The molecule has 1 saturated carbocycles. The monoisotopic (exact) mass is 356 g/mol. The van der Waals surface area contributed by atoms with E-state index in [1.807, 2.05) is 18.2 Å². The van der Waals surface area contributed by atoms with Crippen molar-refractivity contribution in [1.82, 2.24) is 10.3 Å². The van der Waals surface area contributed by atoms with Crippen molar-refractivity contribution in [2.75, 3.05) is 14.2 Å². The Labute approximate surface area is 153 Å². The van der Waals surface area contributed by atoms with Gasteiger partial charge in [-0.25, -0.2) is 4.98 Å². The summed E-state index contributed by atoms with van der Waals surface area (Å²) in [6, 6.07) is 11.0. The van der Waals surface area contributed by atoms with Crippen LogP contribution >= 0.6 is 0 Å². The Bertz CT molecular complexity index is 728. The van der Waals surface area contributed by atoms with Gasteiger partial charge in [0.25, 0.3) is 5.91 Å². The topological polar surface area (TPSA) is 69.7 Å². The molecule has 0 unspecified atom stereocenters. The van der Waals surface area contributed by atoms with E-state index in [-0.39, 0.29) is 18.1 Å². The molecule has 0 aliphatic heterocycles. The number of nitrogens with zero attached hydrogens (tertiary/aromatic N) is 1. The zero-order valence-corrected chi connectivity index (χ0v) is 15.1. The smallest absolute Gasteiger partial charge is 0.251 e. The third-order valence-corrected chi connectivity index (χ3v) is 4.58. The van der Waals surface area contributed by atoms with Crippen molar-refractivity contribution < 1.29 is 19.0 Å². The van der Waals surface area contributed by atoms with Gasteiger partial charge in [0.2, 0.25) is 5.88 Å². The van der Waals surface area contributed by atoms with Crippen LogP contribution in [0.1, 0.15) is 36.0 Å². The maximum absolute atomic E-state index is 12.5. The minimum absolute atomic E-state index is 0.0972. The summed E-state index contributed by atoms with van der Waals surface area (Å²) >= 11 is 0. The second-order valence-electron chi connectivity index (χ2n) is 6.30. The third kappa shape index (κ3) is 4.45. The average molecular weight is 356 g/mol. The van der Waals surface area contributed by atoms with Crippen LogP contribution in [-0.4, -0.2) is 37.3 Å². The fourth-order valence-electron chi connectivity index (χ4n) is 3.16. The maximum atomic E-state index is 12.5. The van der Waals surface area contributed by atoms with Gasteiger partial charge in [-0.3, -0.25) is 4.79 Å². The molecule has 1 fully saturated rings. The number of rotatable bonds is 6. The molecule has 0 atom stereocenters. The molecule has 0 bridgehead atoms. The lowest BCUT2D eigenvalue weighted by atomic mass is 9.92. The van der Waals surface area contributed by atoms with Crippen molar-refractivity contribution in [1.29, 1.82) is 0 Å². The summed E-state index contributed by atoms with van der Waals surface area (Å²) in [5.41, 5.74) is 0.564. The molecule has 2 aromatic rings.